The van der Waals surface area contributed by atoms with E-state index in [1.807, 2.05) is 24.3 Å². The maximum absolute atomic E-state index is 12.8. The van der Waals surface area contributed by atoms with Gasteiger partial charge in [-0.05, 0) is 29.8 Å². The quantitative estimate of drug-likeness (QED) is 0.780. The van der Waals surface area contributed by atoms with Crippen LogP contribution in [0.1, 0.15) is 17.0 Å². The monoisotopic (exact) mass is 314 g/mol. The van der Waals surface area contributed by atoms with Crippen molar-refractivity contribution < 1.29 is 9.18 Å². The lowest BCUT2D eigenvalue weighted by atomic mass is 10.2. The zero-order valence-electron chi connectivity index (χ0n) is 11.9. The van der Waals surface area contributed by atoms with Crippen LogP contribution in [0, 0.1) is 5.82 Å². The fraction of sp³-hybridized carbons (Fsp3) is 0.176. The summed E-state index contributed by atoms with van der Waals surface area (Å²) in [5, 5.41) is 3.81. The van der Waals surface area contributed by atoms with Gasteiger partial charge in [-0.2, -0.15) is 0 Å². The SMILES string of the molecule is O=C(CCc1nc2ccccc2s1)NCc1ccc(F)cc1. The largest absolute Gasteiger partial charge is 0.352 e. The van der Waals surface area contributed by atoms with Crippen LogP contribution in [-0.4, -0.2) is 10.9 Å². The number of benzene rings is 2. The summed E-state index contributed by atoms with van der Waals surface area (Å²) in [5.74, 6) is -0.297. The molecule has 0 bridgehead atoms. The molecule has 0 aliphatic carbocycles. The highest BCUT2D eigenvalue weighted by Crippen LogP contribution is 2.22. The predicted octanol–water partition coefficient (Wildman–Crippen LogP) is 3.68. The first-order valence-electron chi connectivity index (χ1n) is 7.06. The molecule has 0 radical (unpaired) electrons. The van der Waals surface area contributed by atoms with Crippen molar-refractivity contribution in [2.45, 2.75) is 19.4 Å². The Hall–Kier alpha value is -2.27. The van der Waals surface area contributed by atoms with Crippen LogP contribution in [0.3, 0.4) is 0 Å². The zero-order chi connectivity index (χ0) is 15.4. The predicted molar refractivity (Wildman–Crippen MR) is 86.2 cm³/mol. The van der Waals surface area contributed by atoms with Crippen LogP contribution in [-0.2, 0) is 17.8 Å². The van der Waals surface area contributed by atoms with Crippen LogP contribution in [0.5, 0.6) is 0 Å². The molecule has 1 heterocycles. The highest BCUT2D eigenvalue weighted by Gasteiger charge is 2.07. The Morgan fingerprint density at radius 1 is 1.14 bits per heavy atom. The molecule has 0 atom stereocenters. The molecule has 22 heavy (non-hydrogen) atoms. The topological polar surface area (TPSA) is 42.0 Å². The summed E-state index contributed by atoms with van der Waals surface area (Å²) in [4.78, 5) is 16.4. The van der Waals surface area contributed by atoms with Gasteiger partial charge in [-0.25, -0.2) is 9.37 Å². The molecular formula is C17H15FN2OS. The number of hydrogen-bond donors (Lipinski definition) is 1. The minimum absolute atomic E-state index is 0.0245. The van der Waals surface area contributed by atoms with Gasteiger partial charge < -0.3 is 5.32 Å². The first-order chi connectivity index (χ1) is 10.7. The second-order valence-corrected chi connectivity index (χ2v) is 6.09. The normalized spacial score (nSPS) is 10.8. The molecule has 3 aromatic rings. The molecular weight excluding hydrogens is 299 g/mol. The van der Waals surface area contributed by atoms with Crippen molar-refractivity contribution >= 4 is 27.5 Å². The second kappa shape index (κ2) is 6.66. The van der Waals surface area contributed by atoms with E-state index in [1.54, 1.807) is 23.5 Å². The zero-order valence-corrected chi connectivity index (χ0v) is 12.7. The van der Waals surface area contributed by atoms with Crippen LogP contribution in [0.25, 0.3) is 10.2 Å². The maximum Gasteiger partial charge on any atom is 0.220 e. The van der Waals surface area contributed by atoms with Crippen molar-refractivity contribution in [1.82, 2.24) is 10.3 Å². The molecule has 0 aliphatic heterocycles. The summed E-state index contributed by atoms with van der Waals surface area (Å²) in [6.07, 6.45) is 1.04. The van der Waals surface area contributed by atoms with E-state index in [1.165, 1.54) is 12.1 Å². The van der Waals surface area contributed by atoms with Gasteiger partial charge in [0.2, 0.25) is 5.91 Å². The van der Waals surface area contributed by atoms with Gasteiger partial charge in [-0.15, -0.1) is 11.3 Å². The number of para-hydroxylation sites is 1. The van der Waals surface area contributed by atoms with Gasteiger partial charge in [0.1, 0.15) is 5.82 Å². The number of aryl methyl sites for hydroxylation is 1. The summed E-state index contributed by atoms with van der Waals surface area (Å²) in [7, 11) is 0. The smallest absolute Gasteiger partial charge is 0.220 e. The van der Waals surface area contributed by atoms with Crippen molar-refractivity contribution in [3.8, 4) is 0 Å². The number of carbonyl (C=O) groups excluding carboxylic acids is 1. The Balaban J connectivity index is 1.50. The molecule has 3 nitrogen and oxygen atoms in total. The third-order valence-electron chi connectivity index (χ3n) is 3.31. The lowest BCUT2D eigenvalue weighted by molar-refractivity contribution is -0.121. The second-order valence-electron chi connectivity index (χ2n) is 4.98. The van der Waals surface area contributed by atoms with Crippen molar-refractivity contribution in [2.24, 2.45) is 0 Å². The van der Waals surface area contributed by atoms with E-state index in [-0.39, 0.29) is 11.7 Å². The van der Waals surface area contributed by atoms with Gasteiger partial charge >= 0.3 is 0 Å². The maximum atomic E-state index is 12.8. The minimum atomic E-state index is -0.272. The molecule has 0 saturated heterocycles. The molecule has 2 aromatic carbocycles. The molecule has 3 rings (SSSR count). The molecule has 5 heteroatoms. The van der Waals surface area contributed by atoms with Crippen LogP contribution in [0.2, 0.25) is 0 Å². The van der Waals surface area contributed by atoms with Crippen molar-refractivity contribution in [3.05, 3.63) is 64.9 Å². The molecule has 1 amide bonds. The lowest BCUT2D eigenvalue weighted by Crippen LogP contribution is -2.22. The summed E-state index contributed by atoms with van der Waals surface area (Å²) in [5.41, 5.74) is 1.86. The number of carbonyl (C=O) groups is 1. The molecule has 112 valence electrons. The van der Waals surface area contributed by atoms with Gasteiger partial charge in [0.15, 0.2) is 0 Å². The Morgan fingerprint density at radius 2 is 1.91 bits per heavy atom. The van der Waals surface area contributed by atoms with E-state index >= 15 is 0 Å². The number of rotatable bonds is 5. The number of fused-ring (bicyclic) bond motifs is 1. The average molecular weight is 314 g/mol. The van der Waals surface area contributed by atoms with Crippen LogP contribution < -0.4 is 5.32 Å². The van der Waals surface area contributed by atoms with E-state index < -0.39 is 0 Å². The first kappa shape index (κ1) is 14.7. The van der Waals surface area contributed by atoms with Gasteiger partial charge in [-0.1, -0.05) is 24.3 Å². The minimum Gasteiger partial charge on any atom is -0.352 e. The lowest BCUT2D eigenvalue weighted by Gasteiger charge is -2.04. The Labute approximate surface area is 131 Å². The Morgan fingerprint density at radius 3 is 2.68 bits per heavy atom. The first-order valence-corrected chi connectivity index (χ1v) is 7.88. The summed E-state index contributed by atoms with van der Waals surface area (Å²) in [6.45, 7) is 0.416. The van der Waals surface area contributed by atoms with E-state index in [2.05, 4.69) is 10.3 Å². The fourth-order valence-electron chi connectivity index (χ4n) is 2.14. The Kier molecular flexibility index (Phi) is 4.44. The van der Waals surface area contributed by atoms with Crippen LogP contribution in [0.15, 0.2) is 48.5 Å². The molecule has 0 saturated carbocycles. The van der Waals surface area contributed by atoms with E-state index in [0.29, 0.717) is 19.4 Å². The molecule has 0 aliphatic rings. The van der Waals surface area contributed by atoms with E-state index in [9.17, 15) is 9.18 Å². The van der Waals surface area contributed by atoms with Crippen LogP contribution >= 0.6 is 11.3 Å². The number of halogens is 1. The van der Waals surface area contributed by atoms with Gasteiger partial charge in [-0.3, -0.25) is 4.79 Å². The molecule has 1 N–H and O–H groups in total. The fourth-order valence-corrected chi connectivity index (χ4v) is 3.11. The molecule has 1 aromatic heterocycles. The van der Waals surface area contributed by atoms with Crippen molar-refractivity contribution in [2.75, 3.05) is 0 Å². The number of hydrogen-bond acceptors (Lipinski definition) is 3. The molecule has 0 spiro atoms. The number of amides is 1. The average Bonchev–Trinajstić information content (AvgIpc) is 2.95. The van der Waals surface area contributed by atoms with Gasteiger partial charge in [0, 0.05) is 19.4 Å². The highest BCUT2D eigenvalue weighted by molar-refractivity contribution is 7.18. The van der Waals surface area contributed by atoms with E-state index in [0.717, 1.165) is 20.8 Å². The summed E-state index contributed by atoms with van der Waals surface area (Å²) in [6, 6.07) is 14.1. The third-order valence-corrected chi connectivity index (χ3v) is 4.40. The number of nitrogens with zero attached hydrogens (tertiary/aromatic N) is 1. The molecule has 0 unspecified atom stereocenters. The number of aromatic nitrogens is 1. The van der Waals surface area contributed by atoms with Gasteiger partial charge in [0.25, 0.3) is 0 Å². The molecule has 0 fully saturated rings. The summed E-state index contributed by atoms with van der Waals surface area (Å²) < 4.78 is 13.9. The Bertz CT molecular complexity index is 750. The number of nitrogens with one attached hydrogen (secondary N) is 1. The van der Waals surface area contributed by atoms with Crippen LogP contribution in [0.4, 0.5) is 4.39 Å². The standard InChI is InChI=1S/C17H15FN2OS/c18-13-7-5-12(6-8-13)11-19-16(21)9-10-17-20-14-3-1-2-4-15(14)22-17/h1-8H,9-11H2,(H,19,21). The highest BCUT2D eigenvalue weighted by atomic mass is 32.1. The van der Waals surface area contributed by atoms with E-state index in [4.69, 9.17) is 0 Å². The van der Waals surface area contributed by atoms with Crippen molar-refractivity contribution in [1.29, 1.82) is 0 Å². The van der Waals surface area contributed by atoms with Gasteiger partial charge in [0.05, 0.1) is 15.2 Å². The third kappa shape index (κ3) is 3.68. The van der Waals surface area contributed by atoms with Crippen molar-refractivity contribution in [3.63, 3.8) is 0 Å². The number of thiazole rings is 1. The summed E-state index contributed by atoms with van der Waals surface area (Å²) >= 11 is 1.62.